The van der Waals surface area contributed by atoms with E-state index in [0.717, 1.165) is 11.3 Å². The quantitative estimate of drug-likeness (QED) is 0.853. The van der Waals surface area contributed by atoms with E-state index in [0.29, 0.717) is 6.61 Å². The first-order chi connectivity index (χ1) is 7.67. The van der Waals surface area contributed by atoms with E-state index in [4.69, 9.17) is 9.47 Å². The van der Waals surface area contributed by atoms with Crippen LogP contribution in [0.4, 0.5) is 4.79 Å². The molecular formula is C12H17NO3. The summed E-state index contributed by atoms with van der Waals surface area (Å²) in [6.07, 6.45) is -0.405. The number of alkyl carbamates (subject to hydrolysis) is 1. The van der Waals surface area contributed by atoms with Crippen molar-refractivity contribution in [3.8, 4) is 5.75 Å². The van der Waals surface area contributed by atoms with Gasteiger partial charge in [-0.1, -0.05) is 12.1 Å². The molecule has 1 rings (SSSR count). The molecule has 0 saturated carbocycles. The number of methoxy groups -OCH3 is 1. The summed E-state index contributed by atoms with van der Waals surface area (Å²) in [5, 5.41) is 2.73. The summed E-state index contributed by atoms with van der Waals surface area (Å²) in [5.74, 6) is 0.773. The Morgan fingerprint density at radius 1 is 1.50 bits per heavy atom. The van der Waals surface area contributed by atoms with Gasteiger partial charge in [0.05, 0.1) is 19.8 Å². The van der Waals surface area contributed by atoms with E-state index in [9.17, 15) is 4.79 Å². The molecule has 0 aliphatic heterocycles. The number of nitrogens with one attached hydrogen (secondary N) is 1. The maximum absolute atomic E-state index is 11.2. The lowest BCUT2D eigenvalue weighted by molar-refractivity contribution is 0.149. The lowest BCUT2D eigenvalue weighted by atomic mass is 10.1. The van der Waals surface area contributed by atoms with E-state index in [1.165, 1.54) is 0 Å². The summed E-state index contributed by atoms with van der Waals surface area (Å²) < 4.78 is 9.92. The molecule has 0 spiro atoms. The van der Waals surface area contributed by atoms with Gasteiger partial charge >= 0.3 is 6.09 Å². The van der Waals surface area contributed by atoms with Gasteiger partial charge in [0.15, 0.2) is 0 Å². The zero-order valence-electron chi connectivity index (χ0n) is 9.82. The van der Waals surface area contributed by atoms with Gasteiger partial charge in [0.1, 0.15) is 5.75 Å². The fraction of sp³-hybridized carbons (Fsp3) is 0.417. The third kappa shape index (κ3) is 3.46. The third-order valence-corrected chi connectivity index (χ3v) is 2.20. The van der Waals surface area contributed by atoms with E-state index >= 15 is 0 Å². The smallest absolute Gasteiger partial charge is 0.407 e. The summed E-state index contributed by atoms with van der Waals surface area (Å²) in [6, 6.07) is 7.46. The van der Waals surface area contributed by atoms with Crippen LogP contribution in [-0.4, -0.2) is 19.8 Å². The van der Waals surface area contributed by atoms with Crippen LogP contribution >= 0.6 is 0 Å². The van der Waals surface area contributed by atoms with Crippen LogP contribution in [0.15, 0.2) is 24.3 Å². The van der Waals surface area contributed by atoms with Crippen LogP contribution < -0.4 is 10.1 Å². The van der Waals surface area contributed by atoms with Crippen molar-refractivity contribution in [1.29, 1.82) is 0 Å². The largest absolute Gasteiger partial charge is 0.497 e. The Bertz CT molecular complexity index is 352. The first-order valence-corrected chi connectivity index (χ1v) is 5.24. The highest BCUT2D eigenvalue weighted by atomic mass is 16.5. The molecule has 0 bridgehead atoms. The van der Waals surface area contributed by atoms with Crippen LogP contribution in [0.1, 0.15) is 25.5 Å². The second kappa shape index (κ2) is 6.00. The first kappa shape index (κ1) is 12.4. The Morgan fingerprint density at radius 3 is 2.88 bits per heavy atom. The van der Waals surface area contributed by atoms with Gasteiger partial charge in [-0.3, -0.25) is 0 Å². The number of rotatable bonds is 4. The van der Waals surface area contributed by atoms with E-state index in [-0.39, 0.29) is 6.04 Å². The summed E-state index contributed by atoms with van der Waals surface area (Å²) in [7, 11) is 1.61. The Hall–Kier alpha value is -1.71. The molecule has 1 atom stereocenters. The first-order valence-electron chi connectivity index (χ1n) is 5.24. The average molecular weight is 223 g/mol. The third-order valence-electron chi connectivity index (χ3n) is 2.20. The van der Waals surface area contributed by atoms with E-state index in [2.05, 4.69) is 5.32 Å². The molecule has 0 aliphatic carbocycles. The summed E-state index contributed by atoms with van der Waals surface area (Å²) in [6.45, 7) is 4.04. The molecule has 0 aliphatic rings. The maximum Gasteiger partial charge on any atom is 0.407 e. The van der Waals surface area contributed by atoms with Gasteiger partial charge in [0.25, 0.3) is 0 Å². The Morgan fingerprint density at radius 2 is 2.25 bits per heavy atom. The van der Waals surface area contributed by atoms with Gasteiger partial charge < -0.3 is 14.8 Å². The Kier molecular flexibility index (Phi) is 4.64. The zero-order valence-corrected chi connectivity index (χ0v) is 9.82. The lowest BCUT2D eigenvalue weighted by Gasteiger charge is -2.14. The number of amides is 1. The van der Waals surface area contributed by atoms with E-state index in [1.54, 1.807) is 14.0 Å². The predicted octanol–water partition coefficient (Wildman–Crippen LogP) is 2.50. The minimum Gasteiger partial charge on any atom is -0.497 e. The van der Waals surface area contributed by atoms with Crippen LogP contribution in [0, 0.1) is 0 Å². The monoisotopic (exact) mass is 223 g/mol. The maximum atomic E-state index is 11.2. The molecule has 88 valence electrons. The molecule has 1 N–H and O–H groups in total. The van der Waals surface area contributed by atoms with Crippen molar-refractivity contribution in [1.82, 2.24) is 5.32 Å². The number of hydrogen-bond donors (Lipinski definition) is 1. The Balaban J connectivity index is 2.64. The van der Waals surface area contributed by atoms with Crippen LogP contribution in [0.3, 0.4) is 0 Å². The SMILES string of the molecule is CCOC(=O)NC(C)c1cccc(OC)c1. The van der Waals surface area contributed by atoms with Crippen molar-refractivity contribution in [2.24, 2.45) is 0 Å². The average Bonchev–Trinajstić information content (AvgIpc) is 2.29. The van der Waals surface area contributed by atoms with Crippen LogP contribution in [0.5, 0.6) is 5.75 Å². The van der Waals surface area contributed by atoms with Gasteiger partial charge in [-0.05, 0) is 31.5 Å². The lowest BCUT2D eigenvalue weighted by Crippen LogP contribution is -2.27. The van der Waals surface area contributed by atoms with E-state index < -0.39 is 6.09 Å². The van der Waals surface area contributed by atoms with Gasteiger partial charge in [-0.2, -0.15) is 0 Å². The summed E-state index contributed by atoms with van der Waals surface area (Å²) in [4.78, 5) is 11.2. The summed E-state index contributed by atoms with van der Waals surface area (Å²) >= 11 is 0. The van der Waals surface area contributed by atoms with Gasteiger partial charge in [0.2, 0.25) is 0 Å². The molecule has 0 heterocycles. The fourth-order valence-electron chi connectivity index (χ4n) is 1.34. The number of benzene rings is 1. The molecule has 4 nitrogen and oxygen atoms in total. The molecule has 16 heavy (non-hydrogen) atoms. The van der Waals surface area contributed by atoms with Crippen LogP contribution in [0.2, 0.25) is 0 Å². The van der Waals surface area contributed by atoms with Crippen molar-refractivity contribution in [3.05, 3.63) is 29.8 Å². The van der Waals surface area contributed by atoms with Crippen molar-refractivity contribution in [3.63, 3.8) is 0 Å². The number of ether oxygens (including phenoxy) is 2. The molecule has 0 saturated heterocycles. The van der Waals surface area contributed by atoms with Crippen LogP contribution in [0.25, 0.3) is 0 Å². The van der Waals surface area contributed by atoms with Crippen molar-refractivity contribution < 1.29 is 14.3 Å². The minimum absolute atomic E-state index is 0.103. The zero-order chi connectivity index (χ0) is 12.0. The highest BCUT2D eigenvalue weighted by molar-refractivity contribution is 5.67. The van der Waals surface area contributed by atoms with E-state index in [1.807, 2.05) is 31.2 Å². The van der Waals surface area contributed by atoms with Crippen molar-refractivity contribution >= 4 is 6.09 Å². The molecule has 1 aromatic rings. The molecule has 0 radical (unpaired) electrons. The minimum atomic E-state index is -0.405. The molecule has 1 aromatic carbocycles. The highest BCUT2D eigenvalue weighted by Gasteiger charge is 2.10. The molecule has 0 aromatic heterocycles. The molecule has 1 amide bonds. The standard InChI is InChI=1S/C12H17NO3/c1-4-16-12(14)13-9(2)10-6-5-7-11(8-10)15-3/h5-9H,4H2,1-3H3,(H,13,14). The molecule has 0 fully saturated rings. The Labute approximate surface area is 95.6 Å². The molecule has 4 heteroatoms. The highest BCUT2D eigenvalue weighted by Crippen LogP contribution is 2.18. The van der Waals surface area contributed by atoms with Crippen LogP contribution in [-0.2, 0) is 4.74 Å². The topological polar surface area (TPSA) is 47.6 Å². The summed E-state index contributed by atoms with van der Waals surface area (Å²) in [5.41, 5.74) is 0.979. The second-order valence-corrected chi connectivity index (χ2v) is 3.36. The van der Waals surface area contributed by atoms with Gasteiger partial charge in [-0.25, -0.2) is 4.79 Å². The normalized spacial score (nSPS) is 11.7. The predicted molar refractivity (Wildman–Crippen MR) is 61.6 cm³/mol. The van der Waals surface area contributed by atoms with Crippen molar-refractivity contribution in [2.75, 3.05) is 13.7 Å². The second-order valence-electron chi connectivity index (χ2n) is 3.36. The number of hydrogen-bond acceptors (Lipinski definition) is 3. The van der Waals surface area contributed by atoms with Gasteiger partial charge in [-0.15, -0.1) is 0 Å². The number of carbonyl (C=O) groups is 1. The fourth-order valence-corrected chi connectivity index (χ4v) is 1.34. The molecule has 1 unspecified atom stereocenters. The molecular weight excluding hydrogens is 206 g/mol. The number of carbonyl (C=O) groups excluding carboxylic acids is 1. The van der Waals surface area contributed by atoms with Crippen molar-refractivity contribution in [2.45, 2.75) is 19.9 Å². The van der Waals surface area contributed by atoms with Gasteiger partial charge in [0, 0.05) is 0 Å².